The maximum Gasteiger partial charge on any atom is 0.225 e. The van der Waals surface area contributed by atoms with E-state index in [0.29, 0.717) is 57.6 Å². The van der Waals surface area contributed by atoms with Crippen molar-refractivity contribution < 1.29 is 26.4 Å². The van der Waals surface area contributed by atoms with Gasteiger partial charge in [-0.05, 0) is 49.9 Å². The third-order valence-corrected chi connectivity index (χ3v) is 9.43. The van der Waals surface area contributed by atoms with Gasteiger partial charge in [0.25, 0.3) is 0 Å². The fourth-order valence-electron chi connectivity index (χ4n) is 4.04. The molecule has 2 saturated heterocycles. The third-order valence-electron chi connectivity index (χ3n) is 5.85. The molecule has 0 unspecified atom stereocenters. The van der Waals surface area contributed by atoms with Gasteiger partial charge in [0.05, 0.1) is 23.5 Å². The molecule has 0 atom stereocenters. The summed E-state index contributed by atoms with van der Waals surface area (Å²) in [6.07, 6.45) is 3.01. The summed E-state index contributed by atoms with van der Waals surface area (Å²) in [4.78, 5) is 14.8. The van der Waals surface area contributed by atoms with Crippen molar-refractivity contribution >= 4 is 25.8 Å². The topological polar surface area (TPSA) is 101 Å². The molecule has 0 N–H and O–H groups in total. The molecular weight excluding hydrogens is 416 g/mol. The molecule has 0 radical (unpaired) electrons. The first-order valence-electron chi connectivity index (χ1n) is 9.75. The normalized spacial score (nSPS) is 20.6. The summed E-state index contributed by atoms with van der Waals surface area (Å²) in [6.45, 7) is 1.53. The molecule has 1 aromatic rings. The molecule has 3 rings (SSSR count). The van der Waals surface area contributed by atoms with E-state index < -0.39 is 25.1 Å². The molecule has 162 valence electrons. The minimum Gasteiger partial charge on any atom is -0.497 e. The van der Waals surface area contributed by atoms with Crippen LogP contribution < -0.4 is 4.74 Å². The number of sulfone groups is 1. The number of hydrogen-bond acceptors (Lipinski definition) is 6. The summed E-state index contributed by atoms with van der Waals surface area (Å²) in [5, 5.41) is -0.507. The highest BCUT2D eigenvalue weighted by Crippen LogP contribution is 2.28. The van der Waals surface area contributed by atoms with E-state index in [1.54, 1.807) is 29.2 Å². The minimum absolute atomic E-state index is 0.0125. The molecule has 2 aliphatic heterocycles. The zero-order valence-corrected chi connectivity index (χ0v) is 18.4. The number of likely N-dealkylation sites (tertiary alicyclic amines) is 1. The molecule has 0 spiro atoms. The van der Waals surface area contributed by atoms with E-state index in [2.05, 4.69) is 0 Å². The van der Waals surface area contributed by atoms with Gasteiger partial charge in [-0.3, -0.25) is 4.79 Å². The molecule has 0 saturated carbocycles. The van der Waals surface area contributed by atoms with Crippen LogP contribution in [-0.2, 0) is 24.7 Å². The molecule has 1 amide bonds. The van der Waals surface area contributed by atoms with Gasteiger partial charge >= 0.3 is 0 Å². The summed E-state index contributed by atoms with van der Waals surface area (Å²) >= 11 is 0. The van der Waals surface area contributed by atoms with Gasteiger partial charge in [0.15, 0.2) is 9.84 Å². The van der Waals surface area contributed by atoms with E-state index in [1.165, 1.54) is 17.7 Å². The zero-order valence-electron chi connectivity index (χ0n) is 16.8. The lowest BCUT2D eigenvalue weighted by Gasteiger charge is -2.36. The number of carbonyl (C=O) groups excluding carboxylic acids is 1. The molecule has 2 heterocycles. The number of rotatable bonds is 5. The van der Waals surface area contributed by atoms with Crippen LogP contribution in [0.15, 0.2) is 29.2 Å². The second kappa shape index (κ2) is 8.61. The van der Waals surface area contributed by atoms with Crippen LogP contribution in [0.25, 0.3) is 0 Å². The summed E-state index contributed by atoms with van der Waals surface area (Å²) in [5.41, 5.74) is 0. The lowest BCUT2D eigenvalue weighted by molar-refractivity contribution is -0.137. The number of methoxy groups -OCH3 is 1. The Morgan fingerprint density at radius 2 is 1.48 bits per heavy atom. The number of ether oxygens (including phenoxy) is 1. The highest BCUT2D eigenvalue weighted by atomic mass is 32.2. The molecule has 0 bridgehead atoms. The van der Waals surface area contributed by atoms with Gasteiger partial charge in [-0.2, -0.15) is 0 Å². The standard InChI is InChI=1S/C19H28N2O6S2/c1-27-16-3-5-17(6-4-16)29(25,26)18-9-11-20(12-10-18)19(22)15-7-13-21(14-8-15)28(2,23)24/h3-6,15,18H,7-14H2,1-2H3. The number of amides is 1. The highest BCUT2D eigenvalue weighted by molar-refractivity contribution is 7.92. The molecule has 2 aliphatic rings. The molecular formula is C19H28N2O6S2. The van der Waals surface area contributed by atoms with Crippen molar-refractivity contribution in [1.29, 1.82) is 0 Å². The Morgan fingerprint density at radius 3 is 1.97 bits per heavy atom. The van der Waals surface area contributed by atoms with Crippen molar-refractivity contribution in [3.63, 3.8) is 0 Å². The summed E-state index contributed by atoms with van der Waals surface area (Å²) in [6, 6.07) is 6.38. The van der Waals surface area contributed by atoms with Gasteiger partial charge in [0.1, 0.15) is 5.75 Å². The number of benzene rings is 1. The molecule has 8 nitrogen and oxygen atoms in total. The molecule has 29 heavy (non-hydrogen) atoms. The minimum atomic E-state index is -3.45. The van der Waals surface area contributed by atoms with E-state index in [9.17, 15) is 21.6 Å². The predicted molar refractivity (Wildman–Crippen MR) is 109 cm³/mol. The second-order valence-electron chi connectivity index (χ2n) is 7.68. The Balaban J connectivity index is 1.56. The Morgan fingerprint density at radius 1 is 0.931 bits per heavy atom. The van der Waals surface area contributed by atoms with E-state index in [0.717, 1.165) is 0 Å². The Labute approximate surface area is 172 Å². The fourth-order valence-corrected chi connectivity index (χ4v) is 6.64. The number of hydrogen-bond donors (Lipinski definition) is 0. The molecule has 1 aromatic carbocycles. The van der Waals surface area contributed by atoms with Crippen LogP contribution in [0.5, 0.6) is 5.75 Å². The first-order valence-corrected chi connectivity index (χ1v) is 13.1. The van der Waals surface area contributed by atoms with Crippen molar-refractivity contribution in [1.82, 2.24) is 9.21 Å². The van der Waals surface area contributed by atoms with Crippen LogP contribution >= 0.6 is 0 Å². The highest BCUT2D eigenvalue weighted by Gasteiger charge is 2.36. The fraction of sp³-hybridized carbons (Fsp3) is 0.632. The molecule has 2 fully saturated rings. The number of piperidine rings is 2. The maximum atomic E-state index is 12.9. The number of carbonyl (C=O) groups is 1. The van der Waals surface area contributed by atoms with Crippen molar-refractivity contribution in [3.05, 3.63) is 24.3 Å². The van der Waals surface area contributed by atoms with E-state index in [4.69, 9.17) is 4.74 Å². The average molecular weight is 445 g/mol. The van der Waals surface area contributed by atoms with Crippen LogP contribution in [0.2, 0.25) is 0 Å². The molecule has 10 heteroatoms. The summed E-state index contributed by atoms with van der Waals surface area (Å²) in [7, 11) is -5.14. The lowest BCUT2D eigenvalue weighted by atomic mass is 9.95. The zero-order chi connectivity index (χ0) is 21.2. The van der Waals surface area contributed by atoms with Crippen LogP contribution in [0, 0.1) is 5.92 Å². The maximum absolute atomic E-state index is 12.9. The van der Waals surface area contributed by atoms with Crippen molar-refractivity contribution in [2.24, 2.45) is 5.92 Å². The second-order valence-corrected chi connectivity index (χ2v) is 11.9. The van der Waals surface area contributed by atoms with Crippen molar-refractivity contribution in [2.45, 2.75) is 35.8 Å². The summed E-state index contributed by atoms with van der Waals surface area (Å²) < 4.78 is 55.5. The van der Waals surface area contributed by atoms with Gasteiger partial charge in [-0.25, -0.2) is 21.1 Å². The largest absolute Gasteiger partial charge is 0.497 e. The van der Waals surface area contributed by atoms with Gasteiger partial charge in [0, 0.05) is 32.1 Å². The van der Waals surface area contributed by atoms with Gasteiger partial charge < -0.3 is 9.64 Å². The van der Waals surface area contributed by atoms with Crippen molar-refractivity contribution in [2.75, 3.05) is 39.5 Å². The summed E-state index contributed by atoms with van der Waals surface area (Å²) in [5.74, 6) is 0.424. The first kappa shape index (κ1) is 22.0. The number of nitrogens with zero attached hydrogens (tertiary/aromatic N) is 2. The average Bonchev–Trinajstić information content (AvgIpc) is 2.73. The van der Waals surface area contributed by atoms with E-state index in [-0.39, 0.29) is 16.7 Å². The quantitative estimate of drug-likeness (QED) is 0.675. The van der Waals surface area contributed by atoms with E-state index >= 15 is 0 Å². The van der Waals surface area contributed by atoms with Gasteiger partial charge in [-0.15, -0.1) is 0 Å². The van der Waals surface area contributed by atoms with Crippen LogP contribution in [0.3, 0.4) is 0 Å². The predicted octanol–water partition coefficient (Wildman–Crippen LogP) is 1.13. The number of sulfonamides is 1. The Hall–Kier alpha value is -1.65. The van der Waals surface area contributed by atoms with Crippen molar-refractivity contribution in [3.8, 4) is 5.75 Å². The Bertz CT molecular complexity index is 927. The van der Waals surface area contributed by atoms with Crippen LogP contribution in [0.1, 0.15) is 25.7 Å². The first-order chi connectivity index (χ1) is 13.6. The van der Waals surface area contributed by atoms with E-state index in [1.807, 2.05) is 0 Å². The van der Waals surface area contributed by atoms with Crippen LogP contribution in [0.4, 0.5) is 0 Å². The SMILES string of the molecule is COc1ccc(S(=O)(=O)C2CCN(C(=O)C3CCN(S(C)(=O)=O)CC3)CC2)cc1. The van der Waals surface area contributed by atoms with Gasteiger partial charge in [-0.1, -0.05) is 0 Å². The van der Waals surface area contributed by atoms with Crippen LogP contribution in [-0.4, -0.2) is 76.7 Å². The lowest BCUT2D eigenvalue weighted by Crippen LogP contribution is -2.47. The third kappa shape index (κ3) is 4.92. The Kier molecular flexibility index (Phi) is 6.54. The van der Waals surface area contributed by atoms with Gasteiger partial charge in [0.2, 0.25) is 15.9 Å². The smallest absolute Gasteiger partial charge is 0.225 e. The molecule has 0 aromatic heterocycles. The molecule has 0 aliphatic carbocycles. The monoisotopic (exact) mass is 444 g/mol.